The number of aliphatic hydroxyl groups is 1. The fourth-order valence-electron chi connectivity index (χ4n) is 4.09. The first kappa shape index (κ1) is 25.3. The zero-order chi connectivity index (χ0) is 24.8. The van der Waals surface area contributed by atoms with Gasteiger partial charge in [-0.3, -0.25) is 9.59 Å². The van der Waals surface area contributed by atoms with Crippen molar-refractivity contribution in [2.45, 2.75) is 45.8 Å². The molecule has 34 heavy (non-hydrogen) atoms. The number of ketones is 1. The van der Waals surface area contributed by atoms with Gasteiger partial charge in [0.15, 0.2) is 11.5 Å². The number of methoxy groups -OCH3 is 2. The summed E-state index contributed by atoms with van der Waals surface area (Å²) in [5, 5.41) is 11.2. The molecule has 0 aromatic heterocycles. The number of rotatable bonds is 10. The van der Waals surface area contributed by atoms with E-state index in [9.17, 15) is 14.7 Å². The van der Waals surface area contributed by atoms with Crippen molar-refractivity contribution in [3.05, 3.63) is 64.7 Å². The topological polar surface area (TPSA) is 85.3 Å². The molecule has 2 aromatic carbocycles. The lowest BCUT2D eigenvalue weighted by Crippen LogP contribution is -2.31. The van der Waals surface area contributed by atoms with Gasteiger partial charge in [0, 0.05) is 18.7 Å². The Bertz CT molecular complexity index is 1060. The standard InChI is InChI=1S/C27H33NO6/c1-6-18-8-10-19(11-9-18)25(29)23-24(20-12-13-21(32-4)22(16-20)33-5)28(27(31)26(23)30)14-7-15-34-17(2)3/h8-13,16-17,24,29H,6-7,14-15H2,1-5H3/b25-23-. The van der Waals surface area contributed by atoms with E-state index < -0.39 is 17.7 Å². The van der Waals surface area contributed by atoms with Crippen molar-refractivity contribution >= 4 is 17.4 Å². The quantitative estimate of drug-likeness (QED) is 0.240. The lowest BCUT2D eigenvalue weighted by molar-refractivity contribution is -0.140. The molecule has 182 valence electrons. The fourth-order valence-corrected chi connectivity index (χ4v) is 4.09. The highest BCUT2D eigenvalue weighted by atomic mass is 16.5. The van der Waals surface area contributed by atoms with Crippen molar-refractivity contribution in [2.24, 2.45) is 0 Å². The van der Waals surface area contributed by atoms with Gasteiger partial charge in [0.05, 0.1) is 31.9 Å². The van der Waals surface area contributed by atoms with Gasteiger partial charge in [0.1, 0.15) is 5.76 Å². The van der Waals surface area contributed by atoms with Gasteiger partial charge in [-0.25, -0.2) is 0 Å². The van der Waals surface area contributed by atoms with Crippen LogP contribution in [0.4, 0.5) is 0 Å². The minimum absolute atomic E-state index is 0.0613. The van der Waals surface area contributed by atoms with E-state index in [4.69, 9.17) is 14.2 Å². The summed E-state index contributed by atoms with van der Waals surface area (Å²) in [5.41, 5.74) is 2.31. The van der Waals surface area contributed by atoms with Crippen LogP contribution in [-0.2, 0) is 20.7 Å². The summed E-state index contributed by atoms with van der Waals surface area (Å²) in [5.74, 6) is -0.538. The first-order valence-corrected chi connectivity index (χ1v) is 11.5. The molecule has 1 fully saturated rings. The SMILES string of the molecule is CCc1ccc(/C(O)=C2/C(=O)C(=O)N(CCCOC(C)C)C2c2ccc(OC)c(OC)c2)cc1. The molecule has 1 amide bonds. The molecule has 1 unspecified atom stereocenters. The molecule has 0 bridgehead atoms. The summed E-state index contributed by atoms with van der Waals surface area (Å²) < 4.78 is 16.4. The highest BCUT2D eigenvalue weighted by Gasteiger charge is 2.46. The zero-order valence-electron chi connectivity index (χ0n) is 20.5. The van der Waals surface area contributed by atoms with Crippen LogP contribution in [-0.4, -0.2) is 55.2 Å². The van der Waals surface area contributed by atoms with Crippen molar-refractivity contribution in [2.75, 3.05) is 27.4 Å². The molecule has 1 atom stereocenters. The first-order chi connectivity index (χ1) is 16.3. The van der Waals surface area contributed by atoms with Crippen LogP contribution in [0.3, 0.4) is 0 Å². The number of benzene rings is 2. The summed E-state index contributed by atoms with van der Waals surface area (Å²) in [6.45, 7) is 6.69. The highest BCUT2D eigenvalue weighted by Crippen LogP contribution is 2.42. The Hall–Kier alpha value is -3.32. The van der Waals surface area contributed by atoms with E-state index in [1.807, 2.05) is 32.9 Å². The van der Waals surface area contributed by atoms with Crippen LogP contribution >= 0.6 is 0 Å². The van der Waals surface area contributed by atoms with E-state index in [2.05, 4.69) is 0 Å². The lowest BCUT2D eigenvalue weighted by atomic mass is 9.94. The van der Waals surface area contributed by atoms with Crippen molar-refractivity contribution in [1.82, 2.24) is 4.90 Å². The van der Waals surface area contributed by atoms with Crippen LogP contribution in [0.25, 0.3) is 5.76 Å². The Labute approximate surface area is 200 Å². The van der Waals surface area contributed by atoms with Gasteiger partial charge in [-0.15, -0.1) is 0 Å². The van der Waals surface area contributed by atoms with Gasteiger partial charge < -0.3 is 24.2 Å². The zero-order valence-corrected chi connectivity index (χ0v) is 20.5. The third-order valence-electron chi connectivity index (χ3n) is 5.89. The van der Waals surface area contributed by atoms with Crippen molar-refractivity contribution in [1.29, 1.82) is 0 Å². The number of aryl methyl sites for hydroxylation is 1. The molecule has 1 aliphatic rings. The van der Waals surface area contributed by atoms with Crippen LogP contribution in [0, 0.1) is 0 Å². The smallest absolute Gasteiger partial charge is 0.295 e. The van der Waals surface area contributed by atoms with E-state index in [0.29, 0.717) is 42.2 Å². The first-order valence-electron chi connectivity index (χ1n) is 11.5. The molecular formula is C27H33NO6. The van der Waals surface area contributed by atoms with Crippen LogP contribution in [0.1, 0.15) is 49.9 Å². The second kappa shape index (κ2) is 11.2. The monoisotopic (exact) mass is 467 g/mol. The third kappa shape index (κ3) is 5.25. The number of aliphatic hydroxyl groups excluding tert-OH is 1. The molecule has 7 heteroatoms. The van der Waals surface area contributed by atoms with Gasteiger partial charge in [0.2, 0.25) is 0 Å². The molecule has 2 aromatic rings. The minimum Gasteiger partial charge on any atom is -0.507 e. The highest BCUT2D eigenvalue weighted by molar-refractivity contribution is 6.46. The number of amides is 1. The van der Waals surface area contributed by atoms with Crippen molar-refractivity contribution < 1.29 is 28.9 Å². The molecule has 3 rings (SSSR count). The number of likely N-dealkylation sites (tertiary alicyclic amines) is 1. The molecule has 0 radical (unpaired) electrons. The van der Waals surface area contributed by atoms with Gasteiger partial charge >= 0.3 is 0 Å². The maximum atomic E-state index is 13.2. The average molecular weight is 468 g/mol. The maximum absolute atomic E-state index is 13.2. The Kier molecular flexibility index (Phi) is 8.34. The molecule has 1 saturated heterocycles. The van der Waals surface area contributed by atoms with E-state index in [1.54, 1.807) is 30.3 Å². The second-order valence-electron chi connectivity index (χ2n) is 8.43. The maximum Gasteiger partial charge on any atom is 0.295 e. The summed E-state index contributed by atoms with van der Waals surface area (Å²) in [7, 11) is 3.06. The Balaban J connectivity index is 2.08. The molecule has 1 heterocycles. The van der Waals surface area contributed by atoms with Crippen LogP contribution in [0.5, 0.6) is 11.5 Å². The third-order valence-corrected chi connectivity index (χ3v) is 5.89. The second-order valence-corrected chi connectivity index (χ2v) is 8.43. The lowest BCUT2D eigenvalue weighted by Gasteiger charge is -2.26. The Morgan fingerprint density at radius 2 is 1.71 bits per heavy atom. The normalized spacial score (nSPS) is 17.5. The number of carbonyl (C=O) groups excluding carboxylic acids is 2. The average Bonchev–Trinajstić information content (AvgIpc) is 3.10. The van der Waals surface area contributed by atoms with Gasteiger partial charge in [-0.2, -0.15) is 0 Å². The molecule has 0 saturated carbocycles. The number of hydrogen-bond donors (Lipinski definition) is 1. The van der Waals surface area contributed by atoms with Crippen LogP contribution in [0.2, 0.25) is 0 Å². The fraction of sp³-hybridized carbons (Fsp3) is 0.407. The predicted octanol–water partition coefficient (Wildman–Crippen LogP) is 4.50. The van der Waals surface area contributed by atoms with Crippen molar-refractivity contribution in [3.63, 3.8) is 0 Å². The van der Waals surface area contributed by atoms with E-state index >= 15 is 0 Å². The van der Waals surface area contributed by atoms with E-state index in [-0.39, 0.29) is 17.4 Å². The van der Waals surface area contributed by atoms with E-state index in [0.717, 1.165) is 12.0 Å². The summed E-state index contributed by atoms with van der Waals surface area (Å²) in [6, 6.07) is 11.8. The molecule has 0 aliphatic carbocycles. The van der Waals surface area contributed by atoms with Crippen molar-refractivity contribution in [3.8, 4) is 11.5 Å². The number of ether oxygens (including phenoxy) is 3. The Morgan fingerprint density at radius 3 is 2.29 bits per heavy atom. The van der Waals surface area contributed by atoms with Crippen LogP contribution in [0.15, 0.2) is 48.0 Å². The molecule has 1 aliphatic heterocycles. The van der Waals surface area contributed by atoms with Crippen LogP contribution < -0.4 is 9.47 Å². The summed E-state index contributed by atoms with van der Waals surface area (Å²) in [6.07, 6.45) is 1.48. The molecular weight excluding hydrogens is 434 g/mol. The predicted molar refractivity (Wildman–Crippen MR) is 130 cm³/mol. The number of carbonyl (C=O) groups is 2. The van der Waals surface area contributed by atoms with Gasteiger partial charge in [-0.05, 0) is 49.9 Å². The molecule has 7 nitrogen and oxygen atoms in total. The molecule has 1 N–H and O–H groups in total. The largest absolute Gasteiger partial charge is 0.507 e. The van der Waals surface area contributed by atoms with Gasteiger partial charge in [-0.1, -0.05) is 37.3 Å². The Morgan fingerprint density at radius 1 is 1.03 bits per heavy atom. The summed E-state index contributed by atoms with van der Waals surface area (Å²) >= 11 is 0. The summed E-state index contributed by atoms with van der Waals surface area (Å²) in [4.78, 5) is 27.7. The molecule has 0 spiro atoms. The van der Waals surface area contributed by atoms with Gasteiger partial charge in [0.25, 0.3) is 11.7 Å². The minimum atomic E-state index is -0.760. The van der Waals surface area contributed by atoms with E-state index in [1.165, 1.54) is 19.1 Å². The number of nitrogens with zero attached hydrogens (tertiary/aromatic N) is 1. The number of Topliss-reactive ketones (excluding diaryl/α,β-unsaturated/α-hetero) is 1. The number of hydrogen-bond acceptors (Lipinski definition) is 6.